The van der Waals surface area contributed by atoms with Crippen LogP contribution in [0.2, 0.25) is 0 Å². The number of phenolic OH excluding ortho intramolecular Hbond substituents is 1. The number of aromatic hydroxyl groups is 1. The maximum Gasteiger partial charge on any atom is 0.235 e. The normalized spacial score (nSPS) is 27.8. The average molecular weight is 622 g/mol. The number of nitrogens with one attached hydrogen (secondary N) is 1. The number of ether oxygens (including phenoxy) is 3. The maximum atomic E-state index is 14.6. The van der Waals surface area contributed by atoms with Crippen molar-refractivity contribution in [2.24, 2.45) is 23.5 Å². The molecule has 4 aliphatic carbocycles. The minimum atomic E-state index is -2.44. The van der Waals surface area contributed by atoms with Crippen molar-refractivity contribution in [3.05, 3.63) is 46.2 Å². The number of methoxy groups -OCH3 is 2. The molecule has 2 aromatic rings. The molecular weight excluding hydrogens is 582 g/mol. The van der Waals surface area contributed by atoms with Crippen LogP contribution in [0.25, 0.3) is 10.8 Å². The molecule has 0 aromatic heterocycles. The molecule has 0 spiro atoms. The van der Waals surface area contributed by atoms with Crippen molar-refractivity contribution in [2.75, 3.05) is 41.5 Å². The summed E-state index contributed by atoms with van der Waals surface area (Å²) in [5.74, 6) is -6.99. The van der Waals surface area contributed by atoms with E-state index >= 15 is 0 Å². The lowest BCUT2D eigenvalue weighted by molar-refractivity contribution is -0.171. The highest BCUT2D eigenvalue weighted by Crippen LogP contribution is 2.55. The number of hydrogen-bond donors (Lipinski definition) is 4. The zero-order chi connectivity index (χ0) is 32.4. The number of ketones is 3. The molecule has 0 heterocycles. The summed E-state index contributed by atoms with van der Waals surface area (Å²) in [6, 6.07) is 4.53. The van der Waals surface area contributed by atoms with Crippen molar-refractivity contribution in [3.8, 4) is 11.5 Å². The number of Topliss-reactive ketones (excluding diaryl/α,β-unsaturated/α-hetero) is 3. The van der Waals surface area contributed by atoms with E-state index in [0.29, 0.717) is 54.6 Å². The lowest BCUT2D eigenvalue weighted by Crippen LogP contribution is -2.70. The lowest BCUT2D eigenvalue weighted by atomic mass is 9.56. The van der Waals surface area contributed by atoms with Gasteiger partial charge < -0.3 is 35.5 Å². The van der Waals surface area contributed by atoms with Crippen LogP contribution < -0.4 is 15.8 Å². The number of likely N-dealkylation sites (N-methyl/N-ethyl adjacent to an activating group) is 1. The standard InChI is InChI=1S/C33H39N3O9/c1-36(2)25-21-13-16-12-20-23(26(37)19-11-15(14-35-9-10-43-3)5-8-18(19)29(20)44-4)27(38)22(16)31(45-17-6-7-17)33(21,42)30(40)24(28(25)39)32(34)41/h5,8,11,16-17,21,24-25,35,37,42H,6-7,9-10,12-14H2,1-4H3,(H2,34,41). The quantitative estimate of drug-likeness (QED) is 0.220. The zero-order valence-electron chi connectivity index (χ0n) is 25.8. The summed E-state index contributed by atoms with van der Waals surface area (Å²) in [6.07, 6.45) is 1.28. The predicted molar refractivity (Wildman–Crippen MR) is 162 cm³/mol. The second kappa shape index (κ2) is 11.5. The number of amides is 1. The molecule has 0 aliphatic heterocycles. The summed E-state index contributed by atoms with van der Waals surface area (Å²) in [5, 5.41) is 28.4. The van der Waals surface area contributed by atoms with Gasteiger partial charge in [0.1, 0.15) is 17.3 Å². The van der Waals surface area contributed by atoms with Crippen molar-refractivity contribution < 1.29 is 43.6 Å². The van der Waals surface area contributed by atoms with Crippen LogP contribution in [0.5, 0.6) is 11.5 Å². The molecule has 0 radical (unpaired) electrons. The number of allylic oxidation sites excluding steroid dienone is 1. The summed E-state index contributed by atoms with van der Waals surface area (Å²) in [5.41, 5.74) is 4.57. The van der Waals surface area contributed by atoms with E-state index in [1.165, 1.54) is 7.11 Å². The molecule has 2 saturated carbocycles. The van der Waals surface area contributed by atoms with E-state index in [2.05, 4.69) is 5.32 Å². The summed E-state index contributed by atoms with van der Waals surface area (Å²) in [6.45, 7) is 1.67. The highest BCUT2D eigenvalue weighted by Gasteiger charge is 2.67. The Hall–Kier alpha value is -3.84. The van der Waals surface area contributed by atoms with E-state index in [-0.39, 0.29) is 41.6 Å². The van der Waals surface area contributed by atoms with Crippen molar-refractivity contribution in [2.45, 2.75) is 50.0 Å². The van der Waals surface area contributed by atoms with Gasteiger partial charge in [0.2, 0.25) is 5.91 Å². The first-order valence-electron chi connectivity index (χ1n) is 15.2. The number of carbonyl (C=O) groups excluding carboxylic acids is 4. The molecule has 0 bridgehead atoms. The fourth-order valence-electron chi connectivity index (χ4n) is 7.50. The summed E-state index contributed by atoms with van der Waals surface area (Å²) >= 11 is 0. The fraction of sp³-hybridized carbons (Fsp3) is 0.515. The third kappa shape index (κ3) is 4.82. The third-order valence-corrected chi connectivity index (χ3v) is 9.65. The number of phenols is 1. The molecule has 240 valence electrons. The van der Waals surface area contributed by atoms with Crippen LogP contribution in [0.3, 0.4) is 0 Å². The summed E-state index contributed by atoms with van der Waals surface area (Å²) < 4.78 is 17.2. The number of nitrogens with two attached hydrogens (primary N) is 1. The van der Waals surface area contributed by atoms with Crippen LogP contribution >= 0.6 is 0 Å². The van der Waals surface area contributed by atoms with Gasteiger partial charge in [-0.15, -0.1) is 0 Å². The monoisotopic (exact) mass is 621 g/mol. The summed E-state index contributed by atoms with van der Waals surface area (Å²) in [7, 11) is 6.39. The van der Waals surface area contributed by atoms with E-state index in [4.69, 9.17) is 19.9 Å². The highest BCUT2D eigenvalue weighted by molar-refractivity contribution is 6.25. The van der Waals surface area contributed by atoms with Gasteiger partial charge in [-0.2, -0.15) is 0 Å². The van der Waals surface area contributed by atoms with Gasteiger partial charge in [0.05, 0.1) is 31.4 Å². The van der Waals surface area contributed by atoms with Crippen molar-refractivity contribution in [1.29, 1.82) is 0 Å². The minimum Gasteiger partial charge on any atom is -0.507 e. The van der Waals surface area contributed by atoms with E-state index < -0.39 is 52.7 Å². The predicted octanol–water partition coefficient (Wildman–Crippen LogP) is 1.01. The topological polar surface area (TPSA) is 178 Å². The Morgan fingerprint density at radius 1 is 1.16 bits per heavy atom. The Morgan fingerprint density at radius 2 is 1.89 bits per heavy atom. The van der Waals surface area contributed by atoms with Crippen LogP contribution in [-0.2, 0) is 36.8 Å². The smallest absolute Gasteiger partial charge is 0.235 e. The van der Waals surface area contributed by atoms with Gasteiger partial charge in [0, 0.05) is 48.0 Å². The second-order valence-electron chi connectivity index (χ2n) is 12.7. The Morgan fingerprint density at radius 3 is 2.51 bits per heavy atom. The molecule has 45 heavy (non-hydrogen) atoms. The van der Waals surface area contributed by atoms with E-state index in [1.807, 2.05) is 12.1 Å². The fourth-order valence-corrected chi connectivity index (χ4v) is 7.50. The Balaban J connectivity index is 1.54. The first-order valence-corrected chi connectivity index (χ1v) is 15.2. The third-order valence-electron chi connectivity index (χ3n) is 9.65. The molecule has 0 saturated heterocycles. The van der Waals surface area contributed by atoms with Gasteiger partial charge in [0.25, 0.3) is 0 Å². The van der Waals surface area contributed by atoms with Gasteiger partial charge in [-0.05, 0) is 57.3 Å². The molecular formula is C33H39N3O9. The van der Waals surface area contributed by atoms with E-state index in [9.17, 15) is 29.4 Å². The molecule has 5 unspecified atom stereocenters. The second-order valence-corrected chi connectivity index (χ2v) is 12.7. The van der Waals surface area contributed by atoms with Crippen molar-refractivity contribution in [1.82, 2.24) is 10.2 Å². The zero-order valence-corrected chi connectivity index (χ0v) is 25.8. The van der Waals surface area contributed by atoms with E-state index in [0.717, 1.165) is 5.56 Å². The molecule has 5 N–H and O–H groups in total. The lowest BCUT2D eigenvalue weighted by Gasteiger charge is -2.52. The minimum absolute atomic E-state index is 0.0176. The van der Waals surface area contributed by atoms with Gasteiger partial charge in [-0.3, -0.25) is 24.1 Å². The Bertz CT molecular complexity index is 1650. The molecule has 1 amide bonds. The van der Waals surface area contributed by atoms with Crippen LogP contribution in [0.15, 0.2) is 29.5 Å². The Labute approximate surface area is 260 Å². The van der Waals surface area contributed by atoms with Gasteiger partial charge in [0.15, 0.2) is 28.9 Å². The van der Waals surface area contributed by atoms with Crippen LogP contribution in [0.4, 0.5) is 0 Å². The van der Waals surface area contributed by atoms with Gasteiger partial charge in [-0.25, -0.2) is 0 Å². The molecule has 2 aromatic carbocycles. The largest absolute Gasteiger partial charge is 0.507 e. The van der Waals surface area contributed by atoms with Gasteiger partial charge in [-0.1, -0.05) is 12.1 Å². The van der Waals surface area contributed by atoms with Crippen molar-refractivity contribution in [3.63, 3.8) is 0 Å². The molecule has 4 aliphatic rings. The van der Waals surface area contributed by atoms with E-state index in [1.54, 1.807) is 32.2 Å². The molecule has 6 rings (SSSR count). The first kappa shape index (κ1) is 31.2. The number of benzene rings is 2. The summed E-state index contributed by atoms with van der Waals surface area (Å²) in [4.78, 5) is 56.1. The number of aliphatic hydroxyl groups is 1. The number of carbonyl (C=O) groups is 4. The van der Waals surface area contributed by atoms with Crippen LogP contribution in [0, 0.1) is 17.8 Å². The van der Waals surface area contributed by atoms with Gasteiger partial charge >= 0.3 is 0 Å². The SMILES string of the molecule is COCCNCc1ccc2c(OC)c3c(c(O)c2c1)C(=O)C1=C(OC2CC2)C2(O)C(=O)C(C(N)=O)C(=O)C(N(C)C)C2CC1C3. The Kier molecular flexibility index (Phi) is 7.97. The molecule has 12 nitrogen and oxygen atoms in total. The number of rotatable bonds is 10. The average Bonchev–Trinajstić information content (AvgIpc) is 3.81. The highest BCUT2D eigenvalue weighted by atomic mass is 16.5. The number of primary amides is 1. The molecule has 5 atom stereocenters. The molecule has 12 heteroatoms. The maximum absolute atomic E-state index is 14.6. The first-order chi connectivity index (χ1) is 21.4. The van der Waals surface area contributed by atoms with Crippen LogP contribution in [0.1, 0.15) is 40.7 Å². The van der Waals surface area contributed by atoms with Crippen LogP contribution in [-0.4, -0.2) is 97.6 Å². The number of hydrogen-bond acceptors (Lipinski definition) is 11. The molecule has 2 fully saturated rings. The van der Waals surface area contributed by atoms with Crippen molar-refractivity contribution >= 4 is 34.0 Å². The number of nitrogens with zero attached hydrogens (tertiary/aromatic N) is 1. The number of fused-ring (bicyclic) bond motifs is 4.